The highest BCUT2D eigenvalue weighted by Gasteiger charge is 2.27. The van der Waals surface area contributed by atoms with Crippen LogP contribution in [0.2, 0.25) is 0 Å². The summed E-state index contributed by atoms with van der Waals surface area (Å²) in [6, 6.07) is 7.41. The number of methoxy groups -OCH3 is 2. The predicted molar refractivity (Wildman–Crippen MR) is 62.1 cm³/mol. The summed E-state index contributed by atoms with van der Waals surface area (Å²) in [7, 11) is 3.09. The smallest absolute Gasteiger partial charge is 0.265 e. The molecule has 0 bridgehead atoms. The van der Waals surface area contributed by atoms with Gasteiger partial charge in [-0.3, -0.25) is 4.79 Å². The minimum Gasteiger partial charge on any atom is -0.482 e. The Morgan fingerprint density at radius 1 is 1.35 bits per heavy atom. The van der Waals surface area contributed by atoms with Crippen molar-refractivity contribution in [2.75, 3.05) is 32.3 Å². The van der Waals surface area contributed by atoms with Gasteiger partial charge in [0.05, 0.1) is 12.2 Å². The molecule has 92 valence electrons. The molecular formula is C12H15NO4. The van der Waals surface area contributed by atoms with Crippen molar-refractivity contribution in [3.8, 4) is 5.75 Å². The topological polar surface area (TPSA) is 48.0 Å². The molecule has 1 amide bonds. The maximum atomic E-state index is 11.8. The monoisotopic (exact) mass is 237 g/mol. The minimum atomic E-state index is -0.440. The third-order valence-corrected chi connectivity index (χ3v) is 2.67. The van der Waals surface area contributed by atoms with Crippen LogP contribution in [-0.2, 0) is 14.3 Å². The minimum absolute atomic E-state index is 0.0527. The van der Waals surface area contributed by atoms with Gasteiger partial charge in [0.1, 0.15) is 5.75 Å². The van der Waals surface area contributed by atoms with E-state index in [0.717, 1.165) is 5.69 Å². The quantitative estimate of drug-likeness (QED) is 0.734. The van der Waals surface area contributed by atoms with Crippen molar-refractivity contribution < 1.29 is 19.0 Å². The van der Waals surface area contributed by atoms with Gasteiger partial charge in [0.25, 0.3) is 5.91 Å². The highest BCUT2D eigenvalue weighted by atomic mass is 16.7. The van der Waals surface area contributed by atoms with Gasteiger partial charge in [0, 0.05) is 14.2 Å². The van der Waals surface area contributed by atoms with Gasteiger partial charge in [0.15, 0.2) is 12.9 Å². The number of carbonyl (C=O) groups excluding carboxylic acids is 1. The number of rotatable bonds is 4. The lowest BCUT2D eigenvalue weighted by Crippen LogP contribution is -2.44. The third kappa shape index (κ3) is 2.40. The lowest BCUT2D eigenvalue weighted by atomic mass is 10.2. The SMILES string of the molecule is COC(CN1C(=O)COc2ccccc21)OC. The number of hydrogen-bond donors (Lipinski definition) is 0. The number of hydrogen-bond acceptors (Lipinski definition) is 4. The fourth-order valence-corrected chi connectivity index (χ4v) is 1.75. The second-order valence-corrected chi connectivity index (χ2v) is 3.66. The molecule has 0 saturated carbocycles. The molecule has 0 saturated heterocycles. The van der Waals surface area contributed by atoms with Crippen molar-refractivity contribution in [3.05, 3.63) is 24.3 Å². The van der Waals surface area contributed by atoms with E-state index >= 15 is 0 Å². The van der Waals surface area contributed by atoms with Gasteiger partial charge in [-0.05, 0) is 12.1 Å². The van der Waals surface area contributed by atoms with Gasteiger partial charge >= 0.3 is 0 Å². The molecule has 0 aromatic heterocycles. The van der Waals surface area contributed by atoms with E-state index in [1.165, 1.54) is 0 Å². The maximum Gasteiger partial charge on any atom is 0.265 e. The second kappa shape index (κ2) is 5.16. The summed E-state index contributed by atoms with van der Waals surface area (Å²) < 4.78 is 15.6. The Morgan fingerprint density at radius 3 is 2.76 bits per heavy atom. The third-order valence-electron chi connectivity index (χ3n) is 2.67. The van der Waals surface area contributed by atoms with E-state index < -0.39 is 6.29 Å². The fourth-order valence-electron chi connectivity index (χ4n) is 1.75. The number of amides is 1. The van der Waals surface area contributed by atoms with Crippen LogP contribution in [0.3, 0.4) is 0 Å². The first-order valence-electron chi connectivity index (χ1n) is 5.34. The molecule has 0 radical (unpaired) electrons. The number of anilines is 1. The average molecular weight is 237 g/mol. The first-order chi connectivity index (χ1) is 8.26. The molecule has 0 atom stereocenters. The summed E-state index contributed by atoms with van der Waals surface area (Å²) in [5.74, 6) is 0.612. The summed E-state index contributed by atoms with van der Waals surface area (Å²) in [6.45, 7) is 0.406. The van der Waals surface area contributed by atoms with Crippen molar-refractivity contribution in [2.24, 2.45) is 0 Å². The number of benzene rings is 1. The van der Waals surface area contributed by atoms with E-state index in [-0.39, 0.29) is 12.5 Å². The largest absolute Gasteiger partial charge is 0.482 e. The van der Waals surface area contributed by atoms with Crippen molar-refractivity contribution in [1.82, 2.24) is 0 Å². The summed E-state index contributed by atoms with van der Waals surface area (Å²) in [4.78, 5) is 13.4. The Morgan fingerprint density at radius 2 is 2.06 bits per heavy atom. The van der Waals surface area contributed by atoms with Gasteiger partial charge in [-0.1, -0.05) is 12.1 Å². The molecule has 0 spiro atoms. The molecule has 0 N–H and O–H groups in total. The Kier molecular flexibility index (Phi) is 3.61. The molecule has 1 heterocycles. The zero-order chi connectivity index (χ0) is 12.3. The van der Waals surface area contributed by atoms with Crippen LogP contribution in [0.1, 0.15) is 0 Å². The molecular weight excluding hydrogens is 222 g/mol. The number of fused-ring (bicyclic) bond motifs is 1. The van der Waals surface area contributed by atoms with Gasteiger partial charge < -0.3 is 19.1 Å². The maximum absolute atomic E-state index is 11.8. The number of ether oxygens (including phenoxy) is 3. The van der Waals surface area contributed by atoms with Gasteiger partial charge in [0.2, 0.25) is 0 Å². The Hall–Kier alpha value is -1.59. The van der Waals surface area contributed by atoms with Gasteiger partial charge in [-0.25, -0.2) is 0 Å². The van der Waals surface area contributed by atoms with E-state index in [9.17, 15) is 4.79 Å². The van der Waals surface area contributed by atoms with Crippen LogP contribution >= 0.6 is 0 Å². The molecule has 1 aromatic rings. The summed E-state index contributed by atoms with van der Waals surface area (Å²) in [5, 5.41) is 0. The molecule has 17 heavy (non-hydrogen) atoms. The molecule has 1 aliphatic rings. The number of para-hydroxylation sites is 2. The lowest BCUT2D eigenvalue weighted by molar-refractivity contribution is -0.125. The number of carbonyl (C=O) groups is 1. The van der Waals surface area contributed by atoms with E-state index in [0.29, 0.717) is 12.3 Å². The lowest BCUT2D eigenvalue weighted by Gasteiger charge is -2.31. The first-order valence-corrected chi connectivity index (χ1v) is 5.34. The van der Waals surface area contributed by atoms with Crippen LogP contribution in [-0.4, -0.2) is 39.6 Å². The molecule has 0 unspecified atom stereocenters. The van der Waals surface area contributed by atoms with Crippen molar-refractivity contribution in [3.63, 3.8) is 0 Å². The van der Waals surface area contributed by atoms with Gasteiger partial charge in [-0.15, -0.1) is 0 Å². The first kappa shape index (κ1) is 11.9. The Balaban J connectivity index is 2.23. The highest BCUT2D eigenvalue weighted by Crippen LogP contribution is 2.31. The predicted octanol–water partition coefficient (Wildman–Crippen LogP) is 1.03. The molecule has 0 fully saturated rings. The summed E-state index contributed by atoms with van der Waals surface area (Å²) in [5.41, 5.74) is 0.753. The van der Waals surface area contributed by atoms with Gasteiger partial charge in [-0.2, -0.15) is 0 Å². The number of nitrogens with zero attached hydrogens (tertiary/aromatic N) is 1. The van der Waals surface area contributed by atoms with E-state index in [1.807, 2.05) is 24.3 Å². The summed E-state index contributed by atoms with van der Waals surface area (Å²) in [6.07, 6.45) is -0.440. The Bertz CT molecular complexity index is 403. The average Bonchev–Trinajstić information content (AvgIpc) is 2.38. The molecule has 5 heteroatoms. The van der Waals surface area contributed by atoms with Crippen LogP contribution in [0.15, 0.2) is 24.3 Å². The van der Waals surface area contributed by atoms with E-state index in [1.54, 1.807) is 19.1 Å². The normalized spacial score (nSPS) is 14.8. The van der Waals surface area contributed by atoms with Crippen molar-refractivity contribution in [1.29, 1.82) is 0 Å². The zero-order valence-corrected chi connectivity index (χ0v) is 9.88. The van der Waals surface area contributed by atoms with E-state index in [4.69, 9.17) is 14.2 Å². The van der Waals surface area contributed by atoms with Crippen LogP contribution < -0.4 is 9.64 Å². The van der Waals surface area contributed by atoms with Crippen molar-refractivity contribution in [2.45, 2.75) is 6.29 Å². The summed E-state index contributed by atoms with van der Waals surface area (Å²) >= 11 is 0. The van der Waals surface area contributed by atoms with Crippen LogP contribution in [0, 0.1) is 0 Å². The molecule has 1 aromatic carbocycles. The fraction of sp³-hybridized carbons (Fsp3) is 0.417. The molecule has 5 nitrogen and oxygen atoms in total. The second-order valence-electron chi connectivity index (χ2n) is 3.66. The zero-order valence-electron chi connectivity index (χ0n) is 9.88. The molecule has 2 rings (SSSR count). The standard InChI is InChI=1S/C12H15NO4/c1-15-12(16-2)7-13-9-5-3-4-6-10(9)17-8-11(13)14/h3-6,12H,7-8H2,1-2H3. The van der Waals surface area contributed by atoms with Crippen LogP contribution in [0.4, 0.5) is 5.69 Å². The van der Waals surface area contributed by atoms with Crippen LogP contribution in [0.5, 0.6) is 5.75 Å². The van der Waals surface area contributed by atoms with Crippen molar-refractivity contribution >= 4 is 11.6 Å². The van der Waals surface area contributed by atoms with E-state index in [2.05, 4.69) is 0 Å². The highest BCUT2D eigenvalue weighted by molar-refractivity contribution is 5.97. The molecule has 1 aliphatic heterocycles. The molecule has 0 aliphatic carbocycles. The van der Waals surface area contributed by atoms with Crippen LogP contribution in [0.25, 0.3) is 0 Å². The Labute approximate surface area is 99.9 Å².